The number of pyridine rings is 1. The molecule has 5 nitrogen and oxygen atoms in total. The summed E-state index contributed by atoms with van der Waals surface area (Å²) in [6, 6.07) is 8.71. The summed E-state index contributed by atoms with van der Waals surface area (Å²) in [5.41, 5.74) is 3.31. The molecule has 26 heavy (non-hydrogen) atoms. The lowest BCUT2D eigenvalue weighted by Gasteiger charge is -2.31. The van der Waals surface area contributed by atoms with Gasteiger partial charge in [0.1, 0.15) is 0 Å². The zero-order chi connectivity index (χ0) is 18.7. The number of amides is 1. The third kappa shape index (κ3) is 3.59. The fourth-order valence-electron chi connectivity index (χ4n) is 2.97. The zero-order valence-corrected chi connectivity index (χ0v) is 15.7. The van der Waals surface area contributed by atoms with Gasteiger partial charge < -0.3 is 10.2 Å². The molecule has 1 amide bonds. The predicted octanol–water partition coefficient (Wildman–Crippen LogP) is 3.78. The van der Waals surface area contributed by atoms with Crippen molar-refractivity contribution < 1.29 is 4.79 Å². The molecular formula is C19H18Cl2N4O. The van der Waals surface area contributed by atoms with Crippen LogP contribution >= 0.6 is 23.2 Å². The van der Waals surface area contributed by atoms with Crippen molar-refractivity contribution in [1.82, 2.24) is 15.2 Å². The van der Waals surface area contributed by atoms with Gasteiger partial charge in [-0.3, -0.25) is 15.2 Å². The Morgan fingerprint density at radius 1 is 1.27 bits per heavy atom. The van der Waals surface area contributed by atoms with E-state index in [2.05, 4.69) is 10.3 Å². The minimum atomic E-state index is -0.169. The van der Waals surface area contributed by atoms with Crippen molar-refractivity contribution in [1.29, 1.82) is 5.41 Å². The van der Waals surface area contributed by atoms with E-state index in [9.17, 15) is 4.79 Å². The molecule has 0 atom stereocenters. The van der Waals surface area contributed by atoms with Crippen LogP contribution in [0.2, 0.25) is 10.0 Å². The first-order valence-corrected chi connectivity index (χ1v) is 8.91. The van der Waals surface area contributed by atoms with Crippen LogP contribution in [0.5, 0.6) is 0 Å². The molecule has 1 aliphatic rings. The van der Waals surface area contributed by atoms with Crippen LogP contribution in [0.4, 0.5) is 0 Å². The number of carbonyl (C=O) groups excluding carboxylic acids is 1. The highest BCUT2D eigenvalue weighted by Gasteiger charge is 2.27. The Bertz CT molecular complexity index is 880. The van der Waals surface area contributed by atoms with Crippen molar-refractivity contribution in [3.8, 4) is 0 Å². The molecule has 0 unspecified atom stereocenters. The summed E-state index contributed by atoms with van der Waals surface area (Å²) < 4.78 is 0. The lowest BCUT2D eigenvalue weighted by molar-refractivity contribution is 0.0762. The van der Waals surface area contributed by atoms with Crippen molar-refractivity contribution in [3.05, 3.63) is 75.2 Å². The highest BCUT2D eigenvalue weighted by atomic mass is 35.5. The summed E-state index contributed by atoms with van der Waals surface area (Å²) in [7, 11) is 1.80. The van der Waals surface area contributed by atoms with Crippen LogP contribution in [0, 0.1) is 5.41 Å². The quantitative estimate of drug-likeness (QED) is 0.783. The van der Waals surface area contributed by atoms with Crippen LogP contribution in [0.25, 0.3) is 0 Å². The van der Waals surface area contributed by atoms with Crippen LogP contribution < -0.4 is 5.32 Å². The average Bonchev–Trinajstić information content (AvgIpc) is 2.69. The highest BCUT2D eigenvalue weighted by molar-refractivity contribution is 6.43. The van der Waals surface area contributed by atoms with E-state index in [1.54, 1.807) is 42.5 Å². The Balaban J connectivity index is 1.85. The van der Waals surface area contributed by atoms with E-state index in [1.165, 1.54) is 0 Å². The maximum absolute atomic E-state index is 12.8. The number of carbonyl (C=O) groups is 1. The van der Waals surface area contributed by atoms with Gasteiger partial charge in [0.25, 0.3) is 5.91 Å². The Morgan fingerprint density at radius 3 is 2.77 bits per heavy atom. The summed E-state index contributed by atoms with van der Waals surface area (Å²) in [5, 5.41) is 12.2. The molecule has 134 valence electrons. The van der Waals surface area contributed by atoms with Crippen molar-refractivity contribution in [2.75, 3.05) is 20.1 Å². The van der Waals surface area contributed by atoms with Crippen LogP contribution in [-0.2, 0) is 0 Å². The third-order valence-corrected chi connectivity index (χ3v) is 5.19. The molecule has 1 aromatic heterocycles. The Labute approximate surface area is 162 Å². The molecule has 2 aromatic rings. The summed E-state index contributed by atoms with van der Waals surface area (Å²) in [6.45, 7) is 0.890. The molecule has 0 fully saturated rings. The Kier molecular flexibility index (Phi) is 5.59. The fraction of sp³-hybridized carbons (Fsp3) is 0.211. The number of aromatic nitrogens is 1. The Morgan fingerprint density at radius 2 is 2.08 bits per heavy atom. The lowest BCUT2D eigenvalue weighted by Crippen LogP contribution is -2.41. The van der Waals surface area contributed by atoms with Gasteiger partial charge in [-0.1, -0.05) is 29.3 Å². The van der Waals surface area contributed by atoms with Crippen molar-refractivity contribution in [3.63, 3.8) is 0 Å². The first-order valence-electron chi connectivity index (χ1n) is 8.15. The molecule has 0 radical (unpaired) electrons. The van der Waals surface area contributed by atoms with Crippen LogP contribution in [-0.4, -0.2) is 41.6 Å². The number of nitrogens with one attached hydrogen (secondary N) is 2. The van der Waals surface area contributed by atoms with E-state index in [1.807, 2.05) is 12.1 Å². The third-order valence-electron chi connectivity index (χ3n) is 4.37. The zero-order valence-electron chi connectivity index (χ0n) is 14.2. The molecule has 3 rings (SSSR count). The maximum atomic E-state index is 12.8. The molecule has 1 aromatic carbocycles. The number of benzene rings is 1. The number of hydrogen-bond donors (Lipinski definition) is 2. The first kappa shape index (κ1) is 18.4. The standard InChI is InChI=1S/C19H18Cl2N4O/c1-23-16-11-25(19(26)14-5-2-6-15(20)17(14)21)9-7-13(16)18(22)12-4-3-8-24-10-12/h2-6,8,10,22-23H,7,9,11H2,1H3. The highest BCUT2D eigenvalue weighted by Crippen LogP contribution is 2.28. The van der Waals surface area contributed by atoms with Gasteiger partial charge in [-0.25, -0.2) is 0 Å². The van der Waals surface area contributed by atoms with E-state index in [0.717, 1.165) is 16.8 Å². The van der Waals surface area contributed by atoms with Crippen LogP contribution in [0.15, 0.2) is 54.0 Å². The van der Waals surface area contributed by atoms with Gasteiger partial charge in [0.15, 0.2) is 0 Å². The molecule has 7 heteroatoms. The maximum Gasteiger partial charge on any atom is 0.255 e. The number of halogens is 2. The molecular weight excluding hydrogens is 371 g/mol. The Hall–Kier alpha value is -2.37. The fourth-order valence-corrected chi connectivity index (χ4v) is 3.35. The normalized spacial score (nSPS) is 14.3. The van der Waals surface area contributed by atoms with Gasteiger partial charge in [0.2, 0.25) is 0 Å². The second-order valence-corrected chi connectivity index (χ2v) is 6.69. The smallest absolute Gasteiger partial charge is 0.255 e. The van der Waals surface area contributed by atoms with E-state index in [0.29, 0.717) is 35.8 Å². The van der Waals surface area contributed by atoms with E-state index < -0.39 is 0 Å². The van der Waals surface area contributed by atoms with Gasteiger partial charge in [0, 0.05) is 42.8 Å². The molecule has 2 N–H and O–H groups in total. The summed E-state index contributed by atoms with van der Waals surface area (Å²) >= 11 is 12.2. The second kappa shape index (κ2) is 7.89. The summed E-state index contributed by atoms with van der Waals surface area (Å²) in [4.78, 5) is 18.6. The average molecular weight is 389 g/mol. The monoisotopic (exact) mass is 388 g/mol. The van der Waals surface area contributed by atoms with E-state index >= 15 is 0 Å². The largest absolute Gasteiger partial charge is 0.390 e. The molecule has 1 aliphatic heterocycles. The number of rotatable bonds is 4. The van der Waals surface area contributed by atoms with Crippen molar-refractivity contribution in [2.45, 2.75) is 6.42 Å². The van der Waals surface area contributed by atoms with Crippen LogP contribution in [0.1, 0.15) is 22.3 Å². The topological polar surface area (TPSA) is 69.1 Å². The van der Waals surface area contributed by atoms with Gasteiger partial charge in [-0.15, -0.1) is 0 Å². The molecule has 0 spiro atoms. The summed E-state index contributed by atoms with van der Waals surface area (Å²) in [5.74, 6) is -0.169. The number of hydrogen-bond acceptors (Lipinski definition) is 4. The number of likely N-dealkylation sites (N-methyl/N-ethyl adjacent to an activating group) is 1. The minimum absolute atomic E-state index is 0.169. The SMILES string of the molecule is CNC1=C(C(=N)c2cccnc2)CCN(C(=O)c2cccc(Cl)c2Cl)C1. The molecule has 0 aliphatic carbocycles. The lowest BCUT2D eigenvalue weighted by atomic mass is 9.95. The van der Waals surface area contributed by atoms with Crippen molar-refractivity contribution in [2.24, 2.45) is 0 Å². The van der Waals surface area contributed by atoms with Gasteiger partial charge in [-0.2, -0.15) is 0 Å². The number of nitrogens with zero attached hydrogens (tertiary/aromatic N) is 2. The van der Waals surface area contributed by atoms with Gasteiger partial charge >= 0.3 is 0 Å². The van der Waals surface area contributed by atoms with E-state index in [-0.39, 0.29) is 10.9 Å². The second-order valence-electron chi connectivity index (χ2n) is 5.90. The van der Waals surface area contributed by atoms with Crippen LogP contribution in [0.3, 0.4) is 0 Å². The molecule has 0 saturated heterocycles. The first-order chi connectivity index (χ1) is 12.5. The molecule has 0 saturated carbocycles. The summed E-state index contributed by atoms with van der Waals surface area (Å²) in [6.07, 6.45) is 3.93. The predicted molar refractivity (Wildman–Crippen MR) is 104 cm³/mol. The molecule has 2 heterocycles. The van der Waals surface area contributed by atoms with E-state index in [4.69, 9.17) is 28.6 Å². The molecule has 0 bridgehead atoms. The van der Waals surface area contributed by atoms with Crippen molar-refractivity contribution >= 4 is 34.8 Å². The minimum Gasteiger partial charge on any atom is -0.390 e. The van der Waals surface area contributed by atoms with Gasteiger partial charge in [0.05, 0.1) is 27.9 Å². The van der Waals surface area contributed by atoms with Gasteiger partial charge in [-0.05, 0) is 30.7 Å².